The van der Waals surface area contributed by atoms with E-state index in [1.54, 1.807) is 30.5 Å². The Morgan fingerprint density at radius 2 is 1.83 bits per heavy atom. The van der Waals surface area contributed by atoms with Crippen LogP contribution in [-0.2, 0) is 48.0 Å². The van der Waals surface area contributed by atoms with Crippen LogP contribution in [0, 0.1) is 16.7 Å². The number of cyclic esters (lactones) is 1. The van der Waals surface area contributed by atoms with E-state index in [-0.39, 0.29) is 54.5 Å². The van der Waals surface area contributed by atoms with Gasteiger partial charge in [0.05, 0.1) is 40.8 Å². The summed E-state index contributed by atoms with van der Waals surface area (Å²) in [5.41, 5.74) is 5.92. The van der Waals surface area contributed by atoms with E-state index in [0.717, 1.165) is 58.2 Å². The number of halogens is 3. The van der Waals surface area contributed by atoms with Gasteiger partial charge in [-0.2, -0.15) is 13.2 Å². The first-order chi connectivity index (χ1) is 33.9. The number of alkyl halides is 3. The predicted octanol–water partition coefficient (Wildman–Crippen LogP) is 6.54. The maximum Gasteiger partial charge on any atom is 0.406 e. The Labute approximate surface area is 416 Å². The van der Waals surface area contributed by atoms with Crippen molar-refractivity contribution in [2.45, 2.75) is 128 Å². The molecular formula is C52H66F3N9O6S. The number of fused-ring (bicyclic) bond motifs is 6. The predicted molar refractivity (Wildman–Crippen MR) is 262 cm³/mol. The number of likely N-dealkylation sites (N-methyl/N-ethyl adjacent to an activating group) is 1. The minimum Gasteiger partial charge on any atom is -0.464 e. The van der Waals surface area contributed by atoms with Crippen molar-refractivity contribution in [1.82, 2.24) is 45.0 Å². The van der Waals surface area contributed by atoms with Gasteiger partial charge in [0.1, 0.15) is 24.7 Å². The standard InChI is InChI=1S/C52H66F3N9O6S/c1-31(69-5)43-34(12-8-18-56-43)45-36-24-50(2,3)30-70-49(68)37-13-9-19-64(59-37)47(66)38(23-42-57-39(26-71-42)33-14-15-40(35(36)22-33)63(45)29-52(53,54)55)58-46(65)44(32-10-6-7-11-32)61-20-16-51(27-61)17-21-62(28-51)48(67)41-25-60(41)4/h8,12,14-15,18,22,26,31-32,37-38,41,44,59H,6-7,9-11,13,16-17,19-21,23-25,27-30H2,1-5H3,(H,58,65)/t31-,37-,38-,41+,44?,51-,60?/m0/s1. The first-order valence-electron chi connectivity index (χ1n) is 25.3. The molecule has 2 unspecified atom stereocenters. The molecule has 7 atom stereocenters. The minimum atomic E-state index is -4.57. The van der Waals surface area contributed by atoms with Crippen LogP contribution in [0.5, 0.6) is 0 Å². The fourth-order valence-corrected chi connectivity index (χ4v) is 13.0. The van der Waals surface area contributed by atoms with E-state index < -0.39 is 48.3 Å². The zero-order valence-corrected chi connectivity index (χ0v) is 42.2. The summed E-state index contributed by atoms with van der Waals surface area (Å²) in [5.74, 6) is -0.829. The molecule has 0 radical (unpaired) electrons. The van der Waals surface area contributed by atoms with Crippen molar-refractivity contribution in [3.63, 3.8) is 0 Å². The number of carbonyl (C=O) groups excluding carboxylic acids is 4. The number of carbonyl (C=O) groups is 4. The number of aromatic nitrogens is 3. The van der Waals surface area contributed by atoms with Gasteiger partial charge in [-0.15, -0.1) is 11.3 Å². The molecule has 1 aliphatic carbocycles. The molecule has 5 aliphatic heterocycles. The normalized spacial score (nSPS) is 27.3. The molecule has 6 bridgehead atoms. The lowest BCUT2D eigenvalue weighted by molar-refractivity contribution is -0.155. The molecule has 5 fully saturated rings. The average Bonchev–Trinajstić information content (AvgIpc) is 4.00. The number of methoxy groups -OCH3 is 1. The van der Waals surface area contributed by atoms with E-state index in [1.165, 1.54) is 28.0 Å². The van der Waals surface area contributed by atoms with Gasteiger partial charge in [-0.05, 0) is 101 Å². The third-order valence-corrected chi connectivity index (χ3v) is 16.9. The molecule has 8 heterocycles. The molecule has 71 heavy (non-hydrogen) atoms. The van der Waals surface area contributed by atoms with Gasteiger partial charge in [0.2, 0.25) is 11.8 Å². The second-order valence-electron chi connectivity index (χ2n) is 21.9. The number of nitrogens with zero attached hydrogens (tertiary/aromatic N) is 7. The average molecular weight is 1000 g/mol. The van der Waals surface area contributed by atoms with Gasteiger partial charge in [-0.3, -0.25) is 39.0 Å². The Balaban J connectivity index is 1.01. The minimum absolute atomic E-state index is 0.0299. The van der Waals surface area contributed by atoms with Gasteiger partial charge in [0.15, 0.2) is 0 Å². The van der Waals surface area contributed by atoms with Crippen LogP contribution in [-0.4, -0.2) is 148 Å². The van der Waals surface area contributed by atoms with Crippen LogP contribution in [0.2, 0.25) is 0 Å². The fourth-order valence-electron chi connectivity index (χ4n) is 12.2. The number of likely N-dealkylation sites (tertiary alicyclic amines) is 2. The van der Waals surface area contributed by atoms with Crippen molar-refractivity contribution >= 4 is 45.9 Å². The second kappa shape index (κ2) is 19.5. The van der Waals surface area contributed by atoms with Gasteiger partial charge in [0, 0.05) is 90.7 Å². The Morgan fingerprint density at radius 3 is 2.58 bits per heavy atom. The number of pyridine rings is 1. The lowest BCUT2D eigenvalue weighted by Gasteiger charge is -2.37. The van der Waals surface area contributed by atoms with Crippen LogP contribution < -0.4 is 10.7 Å². The number of nitrogens with one attached hydrogen (secondary N) is 2. The SMILES string of the molecule is CO[C@@H](C)c1ncccc1-c1c2c3cc(ccc3n1CC(F)(F)F)-c1csc(n1)C[C@H](NC(=O)C(C1CCCC1)N1CC[C@]3(CCN(C(=O)[C@H]4CN4C)C3)C1)C(=O)N1CCC[C@H](N1)C(=O)OCC(C)(C)C2. The van der Waals surface area contributed by atoms with Gasteiger partial charge >= 0.3 is 12.1 Å². The molecule has 6 aliphatic rings. The van der Waals surface area contributed by atoms with Gasteiger partial charge < -0.3 is 24.3 Å². The molecular weight excluding hydrogens is 936 g/mol. The van der Waals surface area contributed by atoms with Crippen LogP contribution in [0.15, 0.2) is 41.9 Å². The number of rotatable bonds is 9. The van der Waals surface area contributed by atoms with Crippen LogP contribution in [0.1, 0.15) is 94.5 Å². The lowest BCUT2D eigenvalue weighted by atomic mass is 9.84. The molecule has 10 rings (SSSR count). The van der Waals surface area contributed by atoms with Crippen LogP contribution in [0.25, 0.3) is 33.4 Å². The highest BCUT2D eigenvalue weighted by Crippen LogP contribution is 2.45. The Kier molecular flexibility index (Phi) is 13.6. The maximum absolute atomic E-state index is 15.0. The van der Waals surface area contributed by atoms with Gasteiger partial charge in [-0.25, -0.2) is 10.4 Å². The van der Waals surface area contributed by atoms with Gasteiger partial charge in [0.25, 0.3) is 5.91 Å². The van der Waals surface area contributed by atoms with E-state index in [9.17, 15) is 27.6 Å². The maximum atomic E-state index is 15.0. The quantitative estimate of drug-likeness (QED) is 0.139. The van der Waals surface area contributed by atoms with E-state index in [0.29, 0.717) is 82.2 Å². The summed E-state index contributed by atoms with van der Waals surface area (Å²) < 4.78 is 57.2. The number of hydrazine groups is 1. The van der Waals surface area contributed by atoms with E-state index in [2.05, 4.69) is 25.5 Å². The molecule has 382 valence electrons. The first-order valence-corrected chi connectivity index (χ1v) is 26.2. The molecule has 2 N–H and O–H groups in total. The molecule has 3 aromatic heterocycles. The largest absolute Gasteiger partial charge is 0.464 e. The van der Waals surface area contributed by atoms with Crippen molar-refractivity contribution in [2.24, 2.45) is 16.7 Å². The number of thiazole rings is 1. The number of amides is 3. The van der Waals surface area contributed by atoms with Crippen molar-refractivity contribution in [3.8, 4) is 22.5 Å². The highest BCUT2D eigenvalue weighted by atomic mass is 32.1. The Bertz CT molecular complexity index is 2680. The van der Waals surface area contributed by atoms with E-state index in [4.69, 9.17) is 14.5 Å². The van der Waals surface area contributed by atoms with Crippen molar-refractivity contribution < 1.29 is 41.8 Å². The number of benzene rings is 1. The topological polar surface area (TPSA) is 154 Å². The highest BCUT2D eigenvalue weighted by molar-refractivity contribution is 7.10. The van der Waals surface area contributed by atoms with Crippen molar-refractivity contribution in [2.75, 3.05) is 60.0 Å². The van der Waals surface area contributed by atoms with Gasteiger partial charge in [-0.1, -0.05) is 32.8 Å². The summed E-state index contributed by atoms with van der Waals surface area (Å²) in [4.78, 5) is 73.2. The Hall–Kier alpha value is -4.95. The summed E-state index contributed by atoms with van der Waals surface area (Å²) in [6, 6.07) is 6.47. The van der Waals surface area contributed by atoms with E-state index >= 15 is 4.79 Å². The smallest absolute Gasteiger partial charge is 0.406 e. The summed E-state index contributed by atoms with van der Waals surface area (Å²) in [7, 11) is 3.50. The van der Waals surface area contributed by atoms with Crippen molar-refractivity contribution in [3.05, 3.63) is 58.2 Å². The van der Waals surface area contributed by atoms with E-state index in [1.807, 2.05) is 44.2 Å². The third kappa shape index (κ3) is 10.2. The number of hydrogen-bond donors (Lipinski definition) is 2. The first kappa shape index (κ1) is 49.6. The Morgan fingerprint density at radius 1 is 1.06 bits per heavy atom. The number of esters is 1. The summed E-state index contributed by atoms with van der Waals surface area (Å²) in [5, 5.41) is 7.75. The molecule has 1 saturated carbocycles. The molecule has 4 aromatic rings. The van der Waals surface area contributed by atoms with Crippen LogP contribution in [0.3, 0.4) is 0 Å². The molecule has 1 spiro atoms. The summed E-state index contributed by atoms with van der Waals surface area (Å²) in [6.07, 6.45) is 3.39. The molecule has 19 heteroatoms. The summed E-state index contributed by atoms with van der Waals surface area (Å²) >= 11 is 1.35. The molecule has 15 nitrogen and oxygen atoms in total. The van der Waals surface area contributed by atoms with Crippen LogP contribution in [0.4, 0.5) is 13.2 Å². The monoisotopic (exact) mass is 1000 g/mol. The lowest BCUT2D eigenvalue weighted by Crippen LogP contribution is -2.62. The fraction of sp³-hybridized carbons (Fsp3) is 0.615. The number of hydrogen-bond acceptors (Lipinski definition) is 12. The zero-order chi connectivity index (χ0) is 50.0. The number of ether oxygens (including phenoxy) is 2. The molecule has 1 aromatic carbocycles. The summed E-state index contributed by atoms with van der Waals surface area (Å²) in [6.45, 7) is 8.28. The second-order valence-corrected chi connectivity index (χ2v) is 22.8. The molecule has 3 amide bonds. The van der Waals surface area contributed by atoms with Crippen molar-refractivity contribution in [1.29, 1.82) is 0 Å². The van der Waals surface area contributed by atoms with Crippen LogP contribution >= 0.6 is 11.3 Å². The zero-order valence-electron chi connectivity index (χ0n) is 41.4. The highest BCUT2D eigenvalue weighted by Gasteiger charge is 2.51. The third-order valence-electron chi connectivity index (χ3n) is 16.0. The molecule has 4 saturated heterocycles.